The number of carboxylic acids is 1. The van der Waals surface area contributed by atoms with E-state index in [1.807, 2.05) is 60.7 Å². The minimum atomic E-state index is -0.893. The van der Waals surface area contributed by atoms with Gasteiger partial charge < -0.3 is 5.11 Å². The standard InChI is InChI=1S/C24H22N2O4/c1-17(23(27)28)24(20-12-14-21(15-13-20)26(29)30)16-25(24)22(18-8-4-2-5-9-18)19-10-6-3-7-11-19/h2-15,17,22H,16H2,1H3,(H,27,28)/t17?,24-,25?/m1/s1. The van der Waals surface area contributed by atoms with E-state index >= 15 is 0 Å². The Bertz CT molecular complexity index is 1010. The van der Waals surface area contributed by atoms with Crippen molar-refractivity contribution in [1.29, 1.82) is 0 Å². The Morgan fingerprint density at radius 3 is 1.90 bits per heavy atom. The molecule has 1 N–H and O–H groups in total. The van der Waals surface area contributed by atoms with Crippen LogP contribution in [0.5, 0.6) is 0 Å². The molecular weight excluding hydrogens is 380 g/mol. The Morgan fingerprint density at radius 2 is 1.47 bits per heavy atom. The van der Waals surface area contributed by atoms with E-state index in [2.05, 4.69) is 4.90 Å². The molecule has 30 heavy (non-hydrogen) atoms. The number of rotatable bonds is 7. The molecule has 1 aliphatic rings. The van der Waals surface area contributed by atoms with Crippen LogP contribution in [0.25, 0.3) is 0 Å². The molecule has 3 atom stereocenters. The van der Waals surface area contributed by atoms with Crippen molar-refractivity contribution in [2.24, 2.45) is 5.92 Å². The molecule has 0 amide bonds. The van der Waals surface area contributed by atoms with Crippen molar-refractivity contribution in [3.8, 4) is 0 Å². The van der Waals surface area contributed by atoms with Crippen LogP contribution in [0.3, 0.4) is 0 Å². The Labute approximate surface area is 174 Å². The molecule has 3 aromatic rings. The van der Waals surface area contributed by atoms with Gasteiger partial charge in [0.05, 0.1) is 22.4 Å². The highest BCUT2D eigenvalue weighted by molar-refractivity contribution is 5.73. The van der Waals surface area contributed by atoms with Gasteiger partial charge in [0, 0.05) is 18.7 Å². The fraction of sp³-hybridized carbons (Fsp3) is 0.208. The van der Waals surface area contributed by atoms with Gasteiger partial charge in [-0.25, -0.2) is 0 Å². The number of nitro groups is 1. The van der Waals surface area contributed by atoms with E-state index in [0.717, 1.165) is 16.7 Å². The van der Waals surface area contributed by atoms with Gasteiger partial charge in [0.2, 0.25) is 0 Å². The predicted octanol–water partition coefficient (Wildman–Crippen LogP) is 4.62. The average molecular weight is 402 g/mol. The molecule has 1 heterocycles. The van der Waals surface area contributed by atoms with Crippen LogP contribution < -0.4 is 0 Å². The molecule has 6 heteroatoms. The van der Waals surface area contributed by atoms with E-state index in [1.165, 1.54) is 12.1 Å². The maximum Gasteiger partial charge on any atom is 0.308 e. The summed E-state index contributed by atoms with van der Waals surface area (Å²) in [6.07, 6.45) is 0. The van der Waals surface area contributed by atoms with Gasteiger partial charge in [-0.15, -0.1) is 0 Å². The summed E-state index contributed by atoms with van der Waals surface area (Å²) in [5.74, 6) is -1.58. The molecule has 1 saturated heterocycles. The molecule has 0 aliphatic carbocycles. The van der Waals surface area contributed by atoms with E-state index in [9.17, 15) is 20.0 Å². The maximum atomic E-state index is 12.0. The molecular formula is C24H22N2O4. The third-order valence-corrected chi connectivity index (χ3v) is 6.03. The molecule has 2 unspecified atom stereocenters. The van der Waals surface area contributed by atoms with E-state index < -0.39 is 22.3 Å². The van der Waals surface area contributed by atoms with Crippen LogP contribution in [-0.4, -0.2) is 27.4 Å². The summed E-state index contributed by atoms with van der Waals surface area (Å²) in [7, 11) is 0. The van der Waals surface area contributed by atoms with Crippen molar-refractivity contribution in [3.63, 3.8) is 0 Å². The van der Waals surface area contributed by atoms with Crippen molar-refractivity contribution < 1.29 is 14.8 Å². The lowest BCUT2D eigenvalue weighted by Gasteiger charge is -2.28. The minimum absolute atomic E-state index is 0.00764. The fourth-order valence-electron chi connectivity index (χ4n) is 4.34. The Balaban J connectivity index is 1.81. The highest BCUT2D eigenvalue weighted by Gasteiger charge is 2.62. The summed E-state index contributed by atoms with van der Waals surface area (Å²) >= 11 is 0. The third kappa shape index (κ3) is 3.35. The summed E-state index contributed by atoms with van der Waals surface area (Å²) in [5, 5.41) is 20.9. The second-order valence-electron chi connectivity index (χ2n) is 7.64. The summed E-state index contributed by atoms with van der Waals surface area (Å²) in [6, 6.07) is 26.1. The van der Waals surface area contributed by atoms with Gasteiger partial charge >= 0.3 is 5.97 Å². The highest BCUT2D eigenvalue weighted by atomic mass is 16.6. The monoisotopic (exact) mass is 402 g/mol. The molecule has 6 nitrogen and oxygen atoms in total. The van der Waals surface area contributed by atoms with Crippen molar-refractivity contribution in [1.82, 2.24) is 4.90 Å². The van der Waals surface area contributed by atoms with E-state index in [0.29, 0.717) is 6.54 Å². The average Bonchev–Trinajstić information content (AvgIpc) is 3.51. The second-order valence-corrected chi connectivity index (χ2v) is 7.64. The van der Waals surface area contributed by atoms with E-state index in [1.54, 1.807) is 19.1 Å². The zero-order valence-electron chi connectivity index (χ0n) is 16.5. The van der Waals surface area contributed by atoms with Crippen molar-refractivity contribution in [2.75, 3.05) is 6.54 Å². The van der Waals surface area contributed by atoms with Crippen molar-refractivity contribution in [2.45, 2.75) is 18.5 Å². The topological polar surface area (TPSA) is 83.5 Å². The molecule has 0 spiro atoms. The SMILES string of the molecule is CC(C(=O)O)[C@@]1(c2ccc([N+](=O)[O-])cc2)CN1C(c1ccccc1)c1ccccc1. The van der Waals surface area contributed by atoms with Gasteiger partial charge in [-0.1, -0.05) is 72.8 Å². The normalized spacial score (nSPS) is 21.2. The second kappa shape index (κ2) is 7.72. The molecule has 4 rings (SSSR count). The number of non-ortho nitro benzene ring substituents is 1. The van der Waals surface area contributed by atoms with Crippen LogP contribution in [0.2, 0.25) is 0 Å². The Morgan fingerprint density at radius 1 is 0.967 bits per heavy atom. The minimum Gasteiger partial charge on any atom is -0.481 e. The van der Waals surface area contributed by atoms with Crippen LogP contribution in [0.15, 0.2) is 84.9 Å². The van der Waals surface area contributed by atoms with Gasteiger partial charge in [-0.05, 0) is 23.6 Å². The predicted molar refractivity (Wildman–Crippen MR) is 113 cm³/mol. The lowest BCUT2D eigenvalue weighted by Crippen LogP contribution is -2.32. The lowest BCUT2D eigenvalue weighted by atomic mass is 9.85. The summed E-state index contributed by atoms with van der Waals surface area (Å²) in [4.78, 5) is 24.8. The molecule has 152 valence electrons. The van der Waals surface area contributed by atoms with Gasteiger partial charge in [-0.2, -0.15) is 0 Å². The number of hydrogen-bond donors (Lipinski definition) is 1. The molecule has 0 radical (unpaired) electrons. The first-order valence-corrected chi connectivity index (χ1v) is 9.79. The number of benzene rings is 3. The van der Waals surface area contributed by atoms with Crippen LogP contribution in [-0.2, 0) is 10.3 Å². The summed E-state index contributed by atoms with van der Waals surface area (Å²) in [5.41, 5.74) is 2.18. The third-order valence-electron chi connectivity index (χ3n) is 6.03. The first-order chi connectivity index (χ1) is 14.4. The van der Waals surface area contributed by atoms with Crippen LogP contribution in [0.4, 0.5) is 5.69 Å². The molecule has 3 aromatic carbocycles. The highest BCUT2D eigenvalue weighted by Crippen LogP contribution is 2.55. The zero-order chi connectivity index (χ0) is 21.3. The summed E-state index contributed by atoms with van der Waals surface area (Å²) < 4.78 is 0. The number of carbonyl (C=O) groups is 1. The van der Waals surface area contributed by atoms with E-state index in [4.69, 9.17) is 0 Å². The van der Waals surface area contributed by atoms with Crippen molar-refractivity contribution in [3.05, 3.63) is 112 Å². The van der Waals surface area contributed by atoms with Crippen LogP contribution in [0.1, 0.15) is 29.7 Å². The Kier molecular flexibility index (Phi) is 5.10. The Hall–Kier alpha value is -3.51. The van der Waals surface area contributed by atoms with Gasteiger partial charge in [0.15, 0.2) is 0 Å². The number of nitro benzene ring substituents is 1. The quantitative estimate of drug-likeness (QED) is 0.354. The largest absolute Gasteiger partial charge is 0.481 e. The fourth-order valence-corrected chi connectivity index (χ4v) is 4.34. The number of carboxylic acid groups (broad SMARTS) is 1. The number of nitrogens with zero attached hydrogens (tertiary/aromatic N) is 2. The van der Waals surface area contributed by atoms with Gasteiger partial charge in [0.1, 0.15) is 0 Å². The molecule has 0 bridgehead atoms. The first-order valence-electron chi connectivity index (χ1n) is 9.79. The van der Waals surface area contributed by atoms with Gasteiger partial charge in [0.25, 0.3) is 5.69 Å². The first kappa shape index (κ1) is 19.8. The molecule has 0 aromatic heterocycles. The summed E-state index contributed by atoms with van der Waals surface area (Å²) in [6.45, 7) is 2.25. The van der Waals surface area contributed by atoms with Gasteiger partial charge in [-0.3, -0.25) is 19.8 Å². The van der Waals surface area contributed by atoms with Crippen LogP contribution in [0, 0.1) is 16.0 Å². The smallest absolute Gasteiger partial charge is 0.308 e. The lowest BCUT2D eigenvalue weighted by molar-refractivity contribution is -0.384. The maximum absolute atomic E-state index is 12.0. The van der Waals surface area contributed by atoms with Crippen molar-refractivity contribution >= 4 is 11.7 Å². The molecule has 1 fully saturated rings. The van der Waals surface area contributed by atoms with E-state index in [-0.39, 0.29) is 11.7 Å². The molecule has 0 saturated carbocycles. The number of hydrogen-bond acceptors (Lipinski definition) is 4. The molecule has 1 aliphatic heterocycles. The number of aliphatic carboxylic acids is 1. The zero-order valence-corrected chi connectivity index (χ0v) is 16.5. The van der Waals surface area contributed by atoms with Crippen LogP contribution >= 0.6 is 0 Å².